The average Bonchev–Trinajstić information content (AvgIpc) is 2.08. The molecule has 70 valence electrons. The number of nitrogens with one attached hydrogen (secondary N) is 1. The number of carbonyl (C=O) groups excluding carboxylic acids is 1. The van der Waals surface area contributed by atoms with Gasteiger partial charge in [-0.25, -0.2) is 0 Å². The molecule has 0 aliphatic rings. The summed E-state index contributed by atoms with van der Waals surface area (Å²) in [5.41, 5.74) is 0.949. The molecule has 0 fully saturated rings. The Labute approximate surface area is 86.5 Å². The van der Waals surface area contributed by atoms with E-state index < -0.39 is 0 Å². The molecule has 0 aromatic heterocycles. The number of rotatable bonds is 3. The van der Waals surface area contributed by atoms with Crippen LogP contribution in [-0.4, -0.2) is 11.8 Å². The largest absolute Gasteiger partial charge is 0.375 e. The summed E-state index contributed by atoms with van der Waals surface area (Å²) >= 11 is 3.40. The summed E-state index contributed by atoms with van der Waals surface area (Å²) in [6, 6.07) is 7.60. The van der Waals surface area contributed by atoms with Crippen molar-refractivity contribution in [2.75, 3.05) is 5.32 Å². The van der Waals surface area contributed by atoms with Gasteiger partial charge in [0.05, 0.1) is 6.04 Å². The fraction of sp³-hybridized carbons (Fsp3) is 0.300. The van der Waals surface area contributed by atoms with Gasteiger partial charge in [-0.1, -0.05) is 12.1 Å². The predicted octanol–water partition coefficient (Wildman–Crippen LogP) is 2.84. The highest BCUT2D eigenvalue weighted by Crippen LogP contribution is 2.21. The summed E-state index contributed by atoms with van der Waals surface area (Å²) in [6.45, 7) is 3.43. The third kappa shape index (κ3) is 2.84. The van der Waals surface area contributed by atoms with Crippen molar-refractivity contribution in [1.82, 2.24) is 0 Å². The Morgan fingerprint density at radius 3 is 2.62 bits per heavy atom. The lowest BCUT2D eigenvalue weighted by Crippen LogP contribution is -2.23. The van der Waals surface area contributed by atoms with E-state index in [0.29, 0.717) is 0 Å². The maximum Gasteiger partial charge on any atom is 0.151 e. The van der Waals surface area contributed by atoms with Gasteiger partial charge in [0.15, 0.2) is 5.78 Å². The maximum absolute atomic E-state index is 11.0. The molecule has 0 saturated heterocycles. The van der Waals surface area contributed by atoms with Gasteiger partial charge >= 0.3 is 0 Å². The third-order valence-corrected chi connectivity index (χ3v) is 2.55. The number of ketones is 1. The highest BCUT2D eigenvalue weighted by Gasteiger charge is 2.07. The Morgan fingerprint density at radius 1 is 1.46 bits per heavy atom. The average molecular weight is 242 g/mol. The standard InChI is InChI=1S/C10H12BrNO/c1-7(8(2)13)12-10-6-4-3-5-9(10)11/h3-7,12H,1-2H3. The first kappa shape index (κ1) is 10.3. The molecule has 0 aliphatic carbocycles. The molecule has 1 rings (SSSR count). The lowest BCUT2D eigenvalue weighted by atomic mass is 10.2. The van der Waals surface area contributed by atoms with Crippen molar-refractivity contribution in [2.45, 2.75) is 19.9 Å². The molecule has 1 aromatic rings. The zero-order chi connectivity index (χ0) is 9.84. The minimum atomic E-state index is -0.140. The molecule has 1 unspecified atom stereocenters. The van der Waals surface area contributed by atoms with Crippen molar-refractivity contribution in [3.63, 3.8) is 0 Å². The van der Waals surface area contributed by atoms with E-state index in [0.717, 1.165) is 10.2 Å². The summed E-state index contributed by atoms with van der Waals surface area (Å²) in [6.07, 6.45) is 0. The van der Waals surface area contributed by atoms with E-state index in [1.54, 1.807) is 6.92 Å². The van der Waals surface area contributed by atoms with Gasteiger partial charge in [-0.05, 0) is 41.9 Å². The highest BCUT2D eigenvalue weighted by molar-refractivity contribution is 9.10. The third-order valence-electron chi connectivity index (χ3n) is 1.86. The molecule has 1 atom stereocenters. The molecule has 0 amide bonds. The minimum Gasteiger partial charge on any atom is -0.375 e. The van der Waals surface area contributed by atoms with Gasteiger partial charge in [-0.2, -0.15) is 0 Å². The molecule has 0 bridgehead atoms. The number of carbonyl (C=O) groups is 1. The lowest BCUT2D eigenvalue weighted by Gasteiger charge is -2.12. The van der Waals surface area contributed by atoms with Crippen LogP contribution in [0.15, 0.2) is 28.7 Å². The summed E-state index contributed by atoms with van der Waals surface area (Å²) in [5.74, 6) is 0.135. The van der Waals surface area contributed by atoms with Crippen molar-refractivity contribution < 1.29 is 4.79 Å². The molecular weight excluding hydrogens is 230 g/mol. The van der Waals surface area contributed by atoms with Crippen LogP contribution in [0.25, 0.3) is 0 Å². The molecule has 3 heteroatoms. The predicted molar refractivity (Wildman–Crippen MR) is 57.9 cm³/mol. The summed E-state index contributed by atoms with van der Waals surface area (Å²) in [5, 5.41) is 3.11. The first-order chi connectivity index (χ1) is 6.11. The number of hydrogen-bond donors (Lipinski definition) is 1. The summed E-state index contributed by atoms with van der Waals surface area (Å²) < 4.78 is 0.975. The number of Topliss-reactive ketones (excluding diaryl/α,β-unsaturated/α-hetero) is 1. The Morgan fingerprint density at radius 2 is 2.08 bits per heavy atom. The van der Waals surface area contributed by atoms with Crippen LogP contribution >= 0.6 is 15.9 Å². The molecule has 0 spiro atoms. The van der Waals surface area contributed by atoms with Crippen LogP contribution < -0.4 is 5.32 Å². The monoisotopic (exact) mass is 241 g/mol. The van der Waals surface area contributed by atoms with Gasteiger partial charge in [-0.15, -0.1) is 0 Å². The molecule has 0 heterocycles. The quantitative estimate of drug-likeness (QED) is 0.882. The van der Waals surface area contributed by atoms with Crippen LogP contribution in [0.5, 0.6) is 0 Å². The first-order valence-corrected chi connectivity index (χ1v) is 4.92. The van der Waals surface area contributed by atoms with Gasteiger partial charge in [0.1, 0.15) is 0 Å². The highest BCUT2D eigenvalue weighted by atomic mass is 79.9. The van der Waals surface area contributed by atoms with Crippen LogP contribution in [0.2, 0.25) is 0 Å². The van der Waals surface area contributed by atoms with E-state index in [-0.39, 0.29) is 11.8 Å². The van der Waals surface area contributed by atoms with Gasteiger partial charge in [0.2, 0.25) is 0 Å². The number of anilines is 1. The zero-order valence-electron chi connectivity index (χ0n) is 7.67. The topological polar surface area (TPSA) is 29.1 Å². The minimum absolute atomic E-state index is 0.135. The SMILES string of the molecule is CC(=O)C(C)Nc1ccccc1Br. The number of halogens is 1. The Balaban J connectivity index is 2.74. The molecule has 0 saturated carbocycles. The molecule has 1 N–H and O–H groups in total. The van der Waals surface area contributed by atoms with E-state index in [1.165, 1.54) is 0 Å². The summed E-state index contributed by atoms with van der Waals surface area (Å²) in [4.78, 5) is 11.0. The molecular formula is C10H12BrNO. The first-order valence-electron chi connectivity index (χ1n) is 4.13. The zero-order valence-corrected chi connectivity index (χ0v) is 9.26. The Hall–Kier alpha value is -0.830. The number of benzene rings is 1. The fourth-order valence-electron chi connectivity index (χ4n) is 0.913. The van der Waals surface area contributed by atoms with Crippen molar-refractivity contribution in [3.8, 4) is 0 Å². The van der Waals surface area contributed by atoms with E-state index in [9.17, 15) is 4.79 Å². The molecule has 13 heavy (non-hydrogen) atoms. The number of para-hydroxylation sites is 1. The number of hydrogen-bond acceptors (Lipinski definition) is 2. The van der Waals surface area contributed by atoms with Crippen molar-refractivity contribution in [2.24, 2.45) is 0 Å². The summed E-state index contributed by atoms with van der Waals surface area (Å²) in [7, 11) is 0. The van der Waals surface area contributed by atoms with Crippen LogP contribution in [0.3, 0.4) is 0 Å². The Kier molecular flexibility index (Phi) is 3.48. The second-order valence-corrected chi connectivity index (χ2v) is 3.81. The van der Waals surface area contributed by atoms with Crippen LogP contribution in [0.4, 0.5) is 5.69 Å². The van der Waals surface area contributed by atoms with Crippen molar-refractivity contribution in [1.29, 1.82) is 0 Å². The van der Waals surface area contributed by atoms with Gasteiger partial charge in [-0.3, -0.25) is 4.79 Å². The van der Waals surface area contributed by atoms with Gasteiger partial charge < -0.3 is 5.32 Å². The Bertz CT molecular complexity index is 312. The van der Waals surface area contributed by atoms with Gasteiger partial charge in [0, 0.05) is 10.2 Å². The normalized spacial score (nSPS) is 12.2. The van der Waals surface area contributed by atoms with Crippen LogP contribution in [0, 0.1) is 0 Å². The molecule has 1 aromatic carbocycles. The fourth-order valence-corrected chi connectivity index (χ4v) is 1.31. The molecule has 0 radical (unpaired) electrons. The maximum atomic E-state index is 11.0. The second-order valence-electron chi connectivity index (χ2n) is 2.96. The van der Waals surface area contributed by atoms with Crippen LogP contribution in [0.1, 0.15) is 13.8 Å². The second kappa shape index (κ2) is 4.42. The van der Waals surface area contributed by atoms with Crippen LogP contribution in [-0.2, 0) is 4.79 Å². The van der Waals surface area contributed by atoms with E-state index in [2.05, 4.69) is 21.2 Å². The van der Waals surface area contributed by atoms with Crippen molar-refractivity contribution in [3.05, 3.63) is 28.7 Å². The van der Waals surface area contributed by atoms with Crippen molar-refractivity contribution >= 4 is 27.4 Å². The lowest BCUT2D eigenvalue weighted by molar-refractivity contribution is -0.117. The van der Waals surface area contributed by atoms with E-state index in [4.69, 9.17) is 0 Å². The van der Waals surface area contributed by atoms with E-state index >= 15 is 0 Å². The molecule has 2 nitrogen and oxygen atoms in total. The van der Waals surface area contributed by atoms with E-state index in [1.807, 2.05) is 31.2 Å². The van der Waals surface area contributed by atoms with Gasteiger partial charge in [0.25, 0.3) is 0 Å². The smallest absolute Gasteiger partial charge is 0.151 e. The molecule has 0 aliphatic heterocycles.